The Bertz CT molecular complexity index is 759. The Hall–Kier alpha value is -2.07. The van der Waals surface area contributed by atoms with E-state index in [4.69, 9.17) is 0 Å². The fourth-order valence-corrected chi connectivity index (χ4v) is 2.57. The summed E-state index contributed by atoms with van der Waals surface area (Å²) in [6.45, 7) is 4.10. The number of hydrogen-bond acceptors (Lipinski definition) is 4. The molecule has 0 radical (unpaired) electrons. The molecule has 3 nitrogen and oxygen atoms in total. The minimum absolute atomic E-state index is 0.858. The fourth-order valence-electron chi connectivity index (χ4n) is 1.87. The van der Waals surface area contributed by atoms with Crippen LogP contribution in [0.3, 0.4) is 0 Å². The van der Waals surface area contributed by atoms with Crippen LogP contribution < -0.4 is 0 Å². The summed E-state index contributed by atoms with van der Waals surface area (Å²) in [5.41, 5.74) is 4.21. The summed E-state index contributed by atoms with van der Waals surface area (Å²) in [5, 5.41) is 10.6. The lowest BCUT2D eigenvalue weighted by Crippen LogP contribution is -1.75. The Morgan fingerprint density at radius 1 is 1.00 bits per heavy atom. The topological polar surface area (TPSA) is 37.6 Å². The lowest BCUT2D eigenvalue weighted by Gasteiger charge is -1.99. The van der Waals surface area contributed by atoms with Crippen molar-refractivity contribution in [1.29, 1.82) is 0 Å². The molecule has 0 saturated carbocycles. The van der Waals surface area contributed by atoms with E-state index < -0.39 is 0 Å². The van der Waals surface area contributed by atoms with Gasteiger partial charge in [-0.05, 0) is 54.7 Å². The summed E-state index contributed by atoms with van der Waals surface area (Å²) in [4.78, 5) is 0. The first-order valence-corrected chi connectivity index (χ1v) is 6.85. The molecule has 3 rings (SSSR count). The molecule has 0 bridgehead atoms. The first-order valence-electron chi connectivity index (χ1n) is 6.07. The molecule has 3 aromatic rings. The van der Waals surface area contributed by atoms with Crippen LogP contribution in [-0.2, 0) is 0 Å². The van der Waals surface area contributed by atoms with E-state index in [0.717, 1.165) is 27.2 Å². The van der Waals surface area contributed by atoms with Crippen molar-refractivity contribution in [3.8, 4) is 0 Å². The Labute approximate surface area is 115 Å². The summed E-state index contributed by atoms with van der Waals surface area (Å²) in [6.07, 6.45) is 0. The molecule has 1 heterocycles. The van der Waals surface area contributed by atoms with Crippen LogP contribution in [0.1, 0.15) is 11.1 Å². The maximum atomic E-state index is 4.36. The average molecular weight is 267 g/mol. The Kier molecular flexibility index (Phi) is 3.09. The second kappa shape index (κ2) is 4.90. The molecule has 0 aliphatic carbocycles. The molecule has 0 saturated heterocycles. The van der Waals surface area contributed by atoms with Crippen molar-refractivity contribution < 1.29 is 0 Å². The Balaban J connectivity index is 2.00. The summed E-state index contributed by atoms with van der Waals surface area (Å²) in [7, 11) is 0. The summed E-state index contributed by atoms with van der Waals surface area (Å²) in [5.74, 6) is 0. The van der Waals surface area contributed by atoms with Crippen molar-refractivity contribution >= 4 is 33.1 Å². The van der Waals surface area contributed by atoms with Crippen LogP contribution in [0, 0.1) is 13.8 Å². The normalized spacial score (nSPS) is 11.5. The van der Waals surface area contributed by atoms with E-state index in [2.05, 4.69) is 33.7 Å². The van der Waals surface area contributed by atoms with Crippen LogP contribution in [0.5, 0.6) is 0 Å². The van der Waals surface area contributed by atoms with Gasteiger partial charge < -0.3 is 0 Å². The van der Waals surface area contributed by atoms with Crippen LogP contribution in [0.15, 0.2) is 52.7 Å². The van der Waals surface area contributed by atoms with E-state index in [1.165, 1.54) is 17.1 Å². The molecule has 0 fully saturated rings. The summed E-state index contributed by atoms with van der Waals surface area (Å²) >= 11 is 1.38. The Morgan fingerprint density at radius 3 is 2.74 bits per heavy atom. The fraction of sp³-hybridized carbons (Fsp3) is 0.133. The van der Waals surface area contributed by atoms with Crippen molar-refractivity contribution in [2.75, 3.05) is 0 Å². The van der Waals surface area contributed by atoms with Crippen molar-refractivity contribution in [2.45, 2.75) is 13.8 Å². The van der Waals surface area contributed by atoms with E-state index in [1.807, 2.05) is 37.3 Å². The zero-order chi connectivity index (χ0) is 13.2. The SMILES string of the molecule is Cc1ccc(C)c(N=Nc2snc3ccccc23)c1. The van der Waals surface area contributed by atoms with E-state index in [1.54, 1.807) is 0 Å². The van der Waals surface area contributed by atoms with Crippen LogP contribution in [-0.4, -0.2) is 4.37 Å². The van der Waals surface area contributed by atoms with Gasteiger partial charge in [-0.2, -0.15) is 4.37 Å². The number of azo groups is 1. The molecule has 19 heavy (non-hydrogen) atoms. The standard InChI is InChI=1S/C15H13N3S/c1-10-7-8-11(2)14(9-10)16-17-15-12-5-3-4-6-13(12)18-19-15/h3-9H,1-2H3. The zero-order valence-corrected chi connectivity index (χ0v) is 11.6. The molecular weight excluding hydrogens is 254 g/mol. The molecular formula is C15H13N3S. The van der Waals surface area contributed by atoms with Gasteiger partial charge in [-0.3, -0.25) is 0 Å². The smallest absolute Gasteiger partial charge is 0.166 e. The largest absolute Gasteiger partial charge is 0.190 e. The molecule has 0 unspecified atom stereocenters. The van der Waals surface area contributed by atoms with E-state index >= 15 is 0 Å². The van der Waals surface area contributed by atoms with Gasteiger partial charge in [-0.25, -0.2) is 0 Å². The van der Waals surface area contributed by atoms with E-state index in [0.29, 0.717) is 0 Å². The Morgan fingerprint density at radius 2 is 1.84 bits per heavy atom. The number of fused-ring (bicyclic) bond motifs is 1. The third kappa shape index (κ3) is 2.39. The minimum Gasteiger partial charge on any atom is -0.190 e. The quantitative estimate of drug-likeness (QED) is 0.578. The highest BCUT2D eigenvalue weighted by Gasteiger charge is 2.04. The van der Waals surface area contributed by atoms with Crippen LogP contribution in [0.4, 0.5) is 10.7 Å². The minimum atomic E-state index is 0.858. The molecule has 4 heteroatoms. The third-order valence-electron chi connectivity index (χ3n) is 2.98. The zero-order valence-electron chi connectivity index (χ0n) is 10.8. The maximum absolute atomic E-state index is 4.36. The highest BCUT2D eigenvalue weighted by Crippen LogP contribution is 2.32. The summed E-state index contributed by atoms with van der Waals surface area (Å²) < 4.78 is 4.36. The van der Waals surface area contributed by atoms with Crippen molar-refractivity contribution in [2.24, 2.45) is 10.2 Å². The van der Waals surface area contributed by atoms with Crippen LogP contribution in [0.2, 0.25) is 0 Å². The van der Waals surface area contributed by atoms with Gasteiger partial charge in [0.25, 0.3) is 0 Å². The second-order valence-corrected chi connectivity index (χ2v) is 5.25. The van der Waals surface area contributed by atoms with Gasteiger partial charge in [0.05, 0.1) is 11.2 Å². The van der Waals surface area contributed by atoms with Crippen molar-refractivity contribution in [3.05, 3.63) is 53.6 Å². The molecule has 0 amide bonds. The van der Waals surface area contributed by atoms with E-state index in [9.17, 15) is 0 Å². The molecule has 0 aliphatic heterocycles. The maximum Gasteiger partial charge on any atom is 0.166 e. The predicted octanol–water partition coefficient (Wildman–Crippen LogP) is 5.33. The number of hydrogen-bond donors (Lipinski definition) is 0. The lowest BCUT2D eigenvalue weighted by molar-refractivity contribution is 1.22. The van der Waals surface area contributed by atoms with Crippen molar-refractivity contribution in [3.63, 3.8) is 0 Å². The molecule has 0 aliphatic rings. The van der Waals surface area contributed by atoms with Gasteiger partial charge in [0.2, 0.25) is 0 Å². The van der Waals surface area contributed by atoms with Gasteiger partial charge in [-0.15, -0.1) is 10.2 Å². The first-order chi connectivity index (χ1) is 9.24. The molecule has 0 atom stereocenters. The average Bonchev–Trinajstić information content (AvgIpc) is 2.83. The monoisotopic (exact) mass is 267 g/mol. The number of aromatic nitrogens is 1. The number of nitrogens with zero attached hydrogens (tertiary/aromatic N) is 3. The van der Waals surface area contributed by atoms with Crippen LogP contribution >= 0.6 is 11.5 Å². The van der Waals surface area contributed by atoms with Gasteiger partial charge in [-0.1, -0.05) is 24.3 Å². The predicted molar refractivity (Wildman–Crippen MR) is 79.7 cm³/mol. The van der Waals surface area contributed by atoms with Crippen molar-refractivity contribution in [1.82, 2.24) is 4.37 Å². The molecule has 2 aromatic carbocycles. The molecule has 94 valence electrons. The van der Waals surface area contributed by atoms with Gasteiger partial charge in [0, 0.05) is 5.39 Å². The van der Waals surface area contributed by atoms with Gasteiger partial charge in [0.15, 0.2) is 5.00 Å². The van der Waals surface area contributed by atoms with Crippen LogP contribution in [0.25, 0.3) is 10.9 Å². The third-order valence-corrected chi connectivity index (χ3v) is 3.74. The van der Waals surface area contributed by atoms with Gasteiger partial charge >= 0.3 is 0 Å². The highest BCUT2D eigenvalue weighted by molar-refractivity contribution is 7.11. The number of rotatable bonds is 2. The molecule has 1 aromatic heterocycles. The summed E-state index contributed by atoms with van der Waals surface area (Å²) in [6, 6.07) is 14.2. The highest BCUT2D eigenvalue weighted by atomic mass is 32.1. The number of aryl methyl sites for hydroxylation is 2. The lowest BCUT2D eigenvalue weighted by atomic mass is 10.1. The second-order valence-electron chi connectivity index (χ2n) is 4.49. The molecule has 0 spiro atoms. The first kappa shape index (κ1) is 12.0. The van der Waals surface area contributed by atoms with Gasteiger partial charge in [0.1, 0.15) is 0 Å². The molecule has 0 N–H and O–H groups in total. The number of benzene rings is 2. The van der Waals surface area contributed by atoms with E-state index in [-0.39, 0.29) is 0 Å².